The first-order chi connectivity index (χ1) is 19.3. The highest BCUT2D eigenvalue weighted by atomic mass is 35.5. The first-order valence-corrected chi connectivity index (χ1v) is 13.3. The van der Waals surface area contributed by atoms with E-state index in [1.54, 1.807) is 18.3 Å². The summed E-state index contributed by atoms with van der Waals surface area (Å²) in [7, 11) is 2.08. The number of anilines is 3. The van der Waals surface area contributed by atoms with E-state index in [-0.39, 0.29) is 11.4 Å². The number of nitrogens with one attached hydrogen (secondary N) is 2. The minimum Gasteiger partial charge on any atom is -0.486 e. The van der Waals surface area contributed by atoms with Crippen LogP contribution in [0.25, 0.3) is 10.9 Å². The Labute approximate surface area is 238 Å². The molecule has 40 heavy (non-hydrogen) atoms. The first-order valence-electron chi connectivity index (χ1n) is 12.9. The van der Waals surface area contributed by atoms with Gasteiger partial charge in [0.25, 0.3) is 0 Å². The van der Waals surface area contributed by atoms with E-state index in [9.17, 15) is 4.79 Å². The zero-order valence-electron chi connectivity index (χ0n) is 22.4. The Balaban J connectivity index is 1.44. The van der Waals surface area contributed by atoms with Crippen LogP contribution in [-0.2, 0) is 11.4 Å². The lowest BCUT2D eigenvalue weighted by Gasteiger charge is -2.26. The summed E-state index contributed by atoms with van der Waals surface area (Å²) in [6.45, 7) is 7.03. The highest BCUT2D eigenvalue weighted by Crippen LogP contribution is 2.33. The normalized spacial score (nSPS) is 16.7. The molecule has 0 radical (unpaired) electrons. The molecular formula is C31H29ClN6O2. The quantitative estimate of drug-likeness (QED) is 0.216. The number of ether oxygens (including phenoxy) is 1. The zero-order valence-corrected chi connectivity index (χ0v) is 23.1. The molecule has 1 saturated heterocycles. The molecular weight excluding hydrogens is 524 g/mol. The first kappa shape index (κ1) is 27.1. The Kier molecular flexibility index (Phi) is 7.96. The number of rotatable bonds is 7. The molecule has 1 amide bonds. The molecule has 1 aliphatic rings. The van der Waals surface area contributed by atoms with E-state index >= 15 is 0 Å². The maximum atomic E-state index is 12.3. The van der Waals surface area contributed by atoms with Crippen molar-refractivity contribution in [2.75, 3.05) is 24.2 Å². The fourth-order valence-corrected chi connectivity index (χ4v) is 4.75. The van der Waals surface area contributed by atoms with Gasteiger partial charge in [-0.2, -0.15) is 0 Å². The summed E-state index contributed by atoms with van der Waals surface area (Å²) in [5, 5.41) is 7.36. The van der Waals surface area contributed by atoms with Crippen LogP contribution in [0.2, 0.25) is 5.02 Å². The van der Waals surface area contributed by atoms with Crippen molar-refractivity contribution in [1.29, 1.82) is 0 Å². The predicted molar refractivity (Wildman–Crippen MR) is 159 cm³/mol. The molecule has 202 valence electrons. The molecule has 2 N–H and O–H groups in total. The van der Waals surface area contributed by atoms with Crippen molar-refractivity contribution in [3.63, 3.8) is 0 Å². The number of aromatic nitrogens is 3. The monoisotopic (exact) mass is 552 g/mol. The minimum atomic E-state index is -0.328. The Morgan fingerprint density at radius 3 is 2.83 bits per heavy atom. The van der Waals surface area contributed by atoms with Crippen molar-refractivity contribution in [3.8, 4) is 17.6 Å². The summed E-state index contributed by atoms with van der Waals surface area (Å²) < 4.78 is 5.84. The van der Waals surface area contributed by atoms with Crippen molar-refractivity contribution in [1.82, 2.24) is 19.9 Å². The number of halogens is 1. The molecule has 2 aromatic heterocycles. The molecule has 0 unspecified atom stereocenters. The third-order valence-corrected chi connectivity index (χ3v) is 7.28. The van der Waals surface area contributed by atoms with E-state index in [0.717, 1.165) is 25.1 Å². The number of benzene rings is 2. The van der Waals surface area contributed by atoms with Crippen LogP contribution in [0.1, 0.15) is 31.0 Å². The lowest BCUT2D eigenvalue weighted by atomic mass is 9.99. The third kappa shape index (κ3) is 6.07. The number of fused-ring (bicyclic) bond motifs is 1. The molecule has 0 bridgehead atoms. The van der Waals surface area contributed by atoms with Crippen molar-refractivity contribution >= 4 is 45.6 Å². The number of hydrogen-bond acceptors (Lipinski definition) is 7. The molecule has 5 rings (SSSR count). The van der Waals surface area contributed by atoms with E-state index in [2.05, 4.69) is 62.9 Å². The van der Waals surface area contributed by atoms with E-state index in [4.69, 9.17) is 16.3 Å². The molecule has 0 saturated carbocycles. The van der Waals surface area contributed by atoms with Gasteiger partial charge in [-0.15, -0.1) is 0 Å². The van der Waals surface area contributed by atoms with Crippen molar-refractivity contribution in [2.24, 2.45) is 0 Å². The lowest BCUT2D eigenvalue weighted by Crippen LogP contribution is -2.36. The number of pyridine rings is 1. The molecule has 1 aliphatic heterocycles. The van der Waals surface area contributed by atoms with Crippen LogP contribution in [0.3, 0.4) is 0 Å². The topological polar surface area (TPSA) is 92.3 Å². The summed E-state index contributed by atoms with van der Waals surface area (Å²) in [6.07, 6.45) is 6.53. The van der Waals surface area contributed by atoms with Gasteiger partial charge in [-0.25, -0.2) is 9.97 Å². The van der Waals surface area contributed by atoms with Crippen LogP contribution in [0.5, 0.6) is 5.75 Å². The van der Waals surface area contributed by atoms with Gasteiger partial charge < -0.3 is 15.4 Å². The molecule has 0 aliphatic carbocycles. The van der Waals surface area contributed by atoms with Crippen LogP contribution in [-0.4, -0.2) is 44.9 Å². The molecule has 3 heterocycles. The molecule has 4 aromatic rings. The number of amides is 1. The van der Waals surface area contributed by atoms with E-state index in [1.165, 1.54) is 12.4 Å². The fourth-order valence-electron chi connectivity index (χ4n) is 4.52. The lowest BCUT2D eigenvalue weighted by molar-refractivity contribution is -0.111. The van der Waals surface area contributed by atoms with Crippen LogP contribution in [0.4, 0.5) is 17.2 Å². The highest BCUT2D eigenvalue weighted by molar-refractivity contribution is 6.32. The molecule has 0 spiro atoms. The Morgan fingerprint density at radius 1 is 1.23 bits per heavy atom. The van der Waals surface area contributed by atoms with Gasteiger partial charge in [0.05, 0.1) is 33.0 Å². The molecule has 2 aromatic carbocycles. The van der Waals surface area contributed by atoms with E-state index in [0.29, 0.717) is 51.0 Å². The van der Waals surface area contributed by atoms with Crippen molar-refractivity contribution < 1.29 is 9.53 Å². The Hall–Kier alpha value is -4.45. The van der Waals surface area contributed by atoms with Crippen LogP contribution in [0, 0.1) is 11.8 Å². The van der Waals surface area contributed by atoms with Crippen LogP contribution >= 0.6 is 11.6 Å². The summed E-state index contributed by atoms with van der Waals surface area (Å²) in [6, 6.07) is 14.8. The fraction of sp³-hybridized carbons (Fsp3) is 0.226. The number of carbonyl (C=O) groups is 1. The number of hydrogen-bond donors (Lipinski definition) is 2. The third-order valence-electron chi connectivity index (χ3n) is 6.98. The van der Waals surface area contributed by atoms with Gasteiger partial charge in [0.1, 0.15) is 24.5 Å². The van der Waals surface area contributed by atoms with Crippen molar-refractivity contribution in [3.05, 3.63) is 90.0 Å². The second-order valence-corrected chi connectivity index (χ2v) is 10.2. The van der Waals surface area contributed by atoms with Gasteiger partial charge in [0.15, 0.2) is 0 Å². The summed E-state index contributed by atoms with van der Waals surface area (Å²) in [5.41, 5.74) is 3.22. The standard InChI is InChI=1S/C31H29ClN6O2/c1-4-29(39)37-26-18-24-27(16-21(26)11-13-31(2)12-7-15-38(31)3)34-20-35-30(24)36-22-9-10-28(25(32)17-22)40-19-23-8-5-6-14-33-23/h4-6,8-10,14,16-18,20H,1,7,12,15,19H2,2-3H3,(H,37,39)(H,34,35,36)/t31-/m1/s1. The molecule has 8 nitrogen and oxygen atoms in total. The van der Waals surface area contributed by atoms with E-state index < -0.39 is 0 Å². The van der Waals surface area contributed by atoms with Gasteiger partial charge in [-0.05, 0) is 81.9 Å². The summed E-state index contributed by atoms with van der Waals surface area (Å²) >= 11 is 6.52. The smallest absolute Gasteiger partial charge is 0.247 e. The van der Waals surface area contributed by atoms with Gasteiger partial charge in [0.2, 0.25) is 5.91 Å². The van der Waals surface area contributed by atoms with Crippen LogP contribution in [0.15, 0.2) is 73.7 Å². The van der Waals surface area contributed by atoms with Gasteiger partial charge >= 0.3 is 0 Å². The Morgan fingerprint density at radius 2 is 2.10 bits per heavy atom. The van der Waals surface area contributed by atoms with Crippen molar-refractivity contribution in [2.45, 2.75) is 31.9 Å². The minimum absolute atomic E-state index is 0.222. The van der Waals surface area contributed by atoms with Gasteiger partial charge in [-0.3, -0.25) is 14.7 Å². The number of carbonyl (C=O) groups excluding carboxylic acids is 1. The molecule has 1 fully saturated rings. The van der Waals surface area contributed by atoms with Crippen LogP contribution < -0.4 is 15.4 Å². The number of likely N-dealkylation sites (tertiary alicyclic amines) is 1. The summed E-state index contributed by atoms with van der Waals surface area (Å²) in [4.78, 5) is 27.7. The van der Waals surface area contributed by atoms with Gasteiger partial charge in [0, 0.05) is 17.3 Å². The average Bonchev–Trinajstić information content (AvgIpc) is 3.30. The summed E-state index contributed by atoms with van der Waals surface area (Å²) in [5.74, 6) is 7.49. The SMILES string of the molecule is C=CC(=O)Nc1cc2c(Nc3ccc(OCc4ccccn4)c(Cl)c3)ncnc2cc1C#C[C@@]1(C)CCCN1C. The largest absolute Gasteiger partial charge is 0.486 e. The number of nitrogens with zero attached hydrogens (tertiary/aromatic N) is 4. The Bertz CT molecular complexity index is 1630. The van der Waals surface area contributed by atoms with E-state index in [1.807, 2.05) is 36.4 Å². The highest BCUT2D eigenvalue weighted by Gasteiger charge is 2.31. The predicted octanol–water partition coefficient (Wildman–Crippen LogP) is 5.96. The molecule has 9 heteroatoms. The van der Waals surface area contributed by atoms with Gasteiger partial charge in [-0.1, -0.05) is 36.1 Å². The maximum absolute atomic E-state index is 12.3. The average molecular weight is 553 g/mol. The maximum Gasteiger partial charge on any atom is 0.247 e. The zero-order chi connectivity index (χ0) is 28.1. The second-order valence-electron chi connectivity index (χ2n) is 9.76. The second kappa shape index (κ2) is 11.7. The molecule has 1 atom stereocenters.